The summed E-state index contributed by atoms with van der Waals surface area (Å²) in [6, 6.07) is 27.0. The Hall–Kier alpha value is -2.54. The fourth-order valence-electron chi connectivity index (χ4n) is 4.25. The predicted octanol–water partition coefficient (Wildman–Crippen LogP) is 8.19. The minimum atomic E-state index is 0.510. The number of anilines is 1. The van der Waals surface area contributed by atoms with Crippen LogP contribution in [-0.4, -0.2) is 14.1 Å². The molecular formula is C29H39N. The Labute approximate surface area is 184 Å². The maximum absolute atomic E-state index is 2.39. The summed E-state index contributed by atoms with van der Waals surface area (Å²) in [7, 11) is 4.16. The maximum atomic E-state index is 2.39. The van der Waals surface area contributed by atoms with Gasteiger partial charge in [0.05, 0.1) is 0 Å². The molecule has 1 unspecified atom stereocenters. The van der Waals surface area contributed by atoms with Gasteiger partial charge in [0.15, 0.2) is 0 Å². The van der Waals surface area contributed by atoms with Crippen LogP contribution in [-0.2, 0) is 6.42 Å². The van der Waals surface area contributed by atoms with E-state index >= 15 is 0 Å². The van der Waals surface area contributed by atoms with Gasteiger partial charge in [-0.05, 0) is 58.7 Å². The average molecular weight is 402 g/mol. The summed E-state index contributed by atoms with van der Waals surface area (Å²) in [5.74, 6) is 1.24. The molecule has 4 rings (SSSR count). The van der Waals surface area contributed by atoms with Gasteiger partial charge in [0, 0.05) is 25.7 Å². The van der Waals surface area contributed by atoms with E-state index in [1.807, 2.05) is 27.7 Å². The molecule has 3 aromatic carbocycles. The van der Waals surface area contributed by atoms with Crippen LogP contribution in [0.25, 0.3) is 11.1 Å². The van der Waals surface area contributed by atoms with Gasteiger partial charge < -0.3 is 4.90 Å². The second-order valence-electron chi connectivity index (χ2n) is 7.86. The van der Waals surface area contributed by atoms with E-state index in [1.165, 1.54) is 46.3 Å². The van der Waals surface area contributed by atoms with E-state index in [2.05, 4.69) is 98.7 Å². The molecule has 0 saturated heterocycles. The molecule has 1 aliphatic carbocycles. The van der Waals surface area contributed by atoms with E-state index in [0.29, 0.717) is 5.92 Å². The van der Waals surface area contributed by atoms with E-state index in [-0.39, 0.29) is 0 Å². The van der Waals surface area contributed by atoms with Crippen LogP contribution in [0.15, 0.2) is 72.8 Å². The minimum Gasteiger partial charge on any atom is -0.378 e. The molecule has 0 fully saturated rings. The fraction of sp³-hybridized carbons (Fsp3) is 0.379. The lowest BCUT2D eigenvalue weighted by atomic mass is 9.74. The first-order valence-electron chi connectivity index (χ1n) is 11.6. The van der Waals surface area contributed by atoms with E-state index in [4.69, 9.17) is 0 Å². The Morgan fingerprint density at radius 1 is 0.733 bits per heavy atom. The quantitative estimate of drug-likeness (QED) is 0.427. The van der Waals surface area contributed by atoms with Gasteiger partial charge in [-0.3, -0.25) is 0 Å². The molecular weight excluding hydrogens is 362 g/mol. The van der Waals surface area contributed by atoms with Crippen LogP contribution in [0.3, 0.4) is 0 Å². The molecule has 0 N–H and O–H groups in total. The second-order valence-corrected chi connectivity index (χ2v) is 7.86. The molecule has 1 heteroatoms. The molecule has 160 valence electrons. The van der Waals surface area contributed by atoms with Crippen LogP contribution in [0.2, 0.25) is 0 Å². The molecule has 3 aromatic rings. The van der Waals surface area contributed by atoms with Gasteiger partial charge in [0.1, 0.15) is 0 Å². The Balaban J connectivity index is 0.000000757. The SMILES string of the molecule is CC.CC.C[C@H]1Cc2ccccc2C(c2cccc(-c3ccc(N(C)C)cc3)c2)C1. The van der Waals surface area contributed by atoms with Crippen LogP contribution < -0.4 is 4.90 Å². The number of hydrogen-bond acceptors (Lipinski definition) is 1. The highest BCUT2D eigenvalue weighted by Crippen LogP contribution is 2.40. The van der Waals surface area contributed by atoms with Crippen molar-refractivity contribution >= 4 is 5.69 Å². The molecule has 30 heavy (non-hydrogen) atoms. The monoisotopic (exact) mass is 401 g/mol. The second kappa shape index (κ2) is 11.6. The molecule has 1 nitrogen and oxygen atoms in total. The Bertz CT molecular complexity index is 892. The number of benzene rings is 3. The molecule has 0 aromatic heterocycles. The first-order chi connectivity index (χ1) is 14.6. The third-order valence-electron chi connectivity index (χ3n) is 5.64. The van der Waals surface area contributed by atoms with Crippen molar-refractivity contribution in [3.63, 3.8) is 0 Å². The highest BCUT2D eigenvalue weighted by atomic mass is 15.1. The van der Waals surface area contributed by atoms with Gasteiger partial charge in [-0.15, -0.1) is 0 Å². The first-order valence-corrected chi connectivity index (χ1v) is 11.6. The van der Waals surface area contributed by atoms with Gasteiger partial charge in [-0.2, -0.15) is 0 Å². The van der Waals surface area contributed by atoms with Gasteiger partial charge in [0.25, 0.3) is 0 Å². The van der Waals surface area contributed by atoms with Crippen LogP contribution in [0.4, 0.5) is 5.69 Å². The molecule has 0 heterocycles. The molecule has 0 spiro atoms. The molecule has 0 saturated carbocycles. The highest BCUT2D eigenvalue weighted by molar-refractivity contribution is 5.67. The number of fused-ring (bicyclic) bond motifs is 1. The third kappa shape index (κ3) is 5.53. The number of nitrogens with zero attached hydrogens (tertiary/aromatic N) is 1. The van der Waals surface area contributed by atoms with Gasteiger partial charge in [-0.25, -0.2) is 0 Å². The molecule has 0 radical (unpaired) electrons. The standard InChI is InChI=1S/C25H27N.2C2H6/c1-18-15-21-7-4-5-10-24(21)25(16-18)22-9-6-8-20(17-22)19-11-13-23(14-12-19)26(2)3;2*1-2/h4-14,17-18,25H,15-16H2,1-3H3;2*1-2H3/t18-,25?;;/m0../s1. The Kier molecular flexibility index (Phi) is 9.17. The Morgan fingerprint density at radius 3 is 2.07 bits per heavy atom. The molecule has 0 aliphatic heterocycles. The van der Waals surface area contributed by atoms with Crippen LogP contribution in [0.1, 0.15) is 63.6 Å². The van der Waals surface area contributed by atoms with E-state index < -0.39 is 0 Å². The van der Waals surface area contributed by atoms with E-state index in [9.17, 15) is 0 Å². The summed E-state index contributed by atoms with van der Waals surface area (Å²) in [4.78, 5) is 2.14. The lowest BCUT2D eigenvalue weighted by Gasteiger charge is -2.30. The van der Waals surface area contributed by atoms with E-state index in [1.54, 1.807) is 0 Å². The van der Waals surface area contributed by atoms with Crippen molar-refractivity contribution < 1.29 is 0 Å². The predicted molar refractivity (Wildman–Crippen MR) is 135 cm³/mol. The van der Waals surface area contributed by atoms with Crippen molar-refractivity contribution in [2.24, 2.45) is 5.92 Å². The zero-order chi connectivity index (χ0) is 22.1. The molecule has 2 atom stereocenters. The van der Waals surface area contributed by atoms with Gasteiger partial charge >= 0.3 is 0 Å². The molecule has 0 amide bonds. The maximum Gasteiger partial charge on any atom is 0.0361 e. The summed E-state index contributed by atoms with van der Waals surface area (Å²) in [6.07, 6.45) is 2.44. The van der Waals surface area contributed by atoms with Crippen LogP contribution in [0.5, 0.6) is 0 Å². The minimum absolute atomic E-state index is 0.510. The molecule has 1 aliphatic rings. The first kappa shape index (κ1) is 23.7. The third-order valence-corrected chi connectivity index (χ3v) is 5.64. The average Bonchev–Trinajstić information content (AvgIpc) is 2.81. The molecule has 0 bridgehead atoms. The lowest BCUT2D eigenvalue weighted by molar-refractivity contribution is 0.464. The highest BCUT2D eigenvalue weighted by Gasteiger charge is 2.25. The van der Waals surface area contributed by atoms with Crippen LogP contribution >= 0.6 is 0 Å². The zero-order valence-electron chi connectivity index (χ0n) is 19.9. The van der Waals surface area contributed by atoms with E-state index in [0.717, 1.165) is 5.92 Å². The smallest absolute Gasteiger partial charge is 0.0361 e. The normalized spacial score (nSPS) is 16.9. The van der Waals surface area contributed by atoms with Gasteiger partial charge in [-0.1, -0.05) is 95.3 Å². The Morgan fingerprint density at radius 2 is 1.40 bits per heavy atom. The fourth-order valence-corrected chi connectivity index (χ4v) is 4.25. The summed E-state index contributed by atoms with van der Waals surface area (Å²) in [6.45, 7) is 10.4. The van der Waals surface area contributed by atoms with Crippen molar-refractivity contribution in [3.8, 4) is 11.1 Å². The van der Waals surface area contributed by atoms with Gasteiger partial charge in [0.2, 0.25) is 0 Å². The zero-order valence-corrected chi connectivity index (χ0v) is 19.9. The summed E-state index contributed by atoms with van der Waals surface area (Å²) < 4.78 is 0. The topological polar surface area (TPSA) is 3.24 Å². The number of hydrogen-bond donors (Lipinski definition) is 0. The summed E-state index contributed by atoms with van der Waals surface area (Å²) in [5.41, 5.74) is 8.32. The number of rotatable bonds is 3. The van der Waals surface area contributed by atoms with Crippen molar-refractivity contribution in [1.82, 2.24) is 0 Å². The van der Waals surface area contributed by atoms with Crippen LogP contribution in [0, 0.1) is 5.92 Å². The van der Waals surface area contributed by atoms with Crippen molar-refractivity contribution in [3.05, 3.63) is 89.5 Å². The summed E-state index contributed by atoms with van der Waals surface area (Å²) in [5, 5.41) is 0. The largest absolute Gasteiger partial charge is 0.378 e. The van der Waals surface area contributed by atoms with Crippen molar-refractivity contribution in [2.45, 2.75) is 53.4 Å². The summed E-state index contributed by atoms with van der Waals surface area (Å²) >= 11 is 0. The van der Waals surface area contributed by atoms with Crippen molar-refractivity contribution in [1.29, 1.82) is 0 Å². The van der Waals surface area contributed by atoms with Crippen molar-refractivity contribution in [2.75, 3.05) is 19.0 Å². The lowest BCUT2D eigenvalue weighted by Crippen LogP contribution is -2.17.